The molecule has 2 aliphatic rings. The lowest BCUT2D eigenvalue weighted by molar-refractivity contribution is -0.122. The number of imide groups is 2. The predicted molar refractivity (Wildman–Crippen MR) is 135 cm³/mol. The summed E-state index contributed by atoms with van der Waals surface area (Å²) in [7, 11) is 0. The normalized spacial score (nSPS) is 15.7. The molecular formula is C27H21ClN2O7. The van der Waals surface area contributed by atoms with Crippen LogP contribution in [0.3, 0.4) is 0 Å². The number of barbiturate groups is 1. The van der Waals surface area contributed by atoms with E-state index in [0.29, 0.717) is 40.2 Å². The van der Waals surface area contributed by atoms with Gasteiger partial charge in [0.25, 0.3) is 11.8 Å². The van der Waals surface area contributed by atoms with Crippen molar-refractivity contribution in [1.82, 2.24) is 5.32 Å². The zero-order valence-corrected chi connectivity index (χ0v) is 20.4. The van der Waals surface area contributed by atoms with Crippen molar-refractivity contribution in [1.29, 1.82) is 0 Å². The average molecular weight is 521 g/mol. The Hall–Kier alpha value is -4.50. The molecule has 0 atom stereocenters. The molecule has 37 heavy (non-hydrogen) atoms. The van der Waals surface area contributed by atoms with E-state index in [1.54, 1.807) is 30.3 Å². The smallest absolute Gasteiger partial charge is 0.335 e. The number of carbonyl (C=O) groups excluding carboxylic acids is 3. The van der Waals surface area contributed by atoms with E-state index in [2.05, 4.69) is 5.32 Å². The number of ether oxygens (including phenoxy) is 4. The Balaban J connectivity index is 1.38. The molecule has 0 aliphatic carbocycles. The summed E-state index contributed by atoms with van der Waals surface area (Å²) in [5, 5.41) is 2.65. The van der Waals surface area contributed by atoms with E-state index in [1.165, 1.54) is 18.2 Å². The van der Waals surface area contributed by atoms with Crippen molar-refractivity contribution in [2.75, 3.05) is 18.3 Å². The van der Waals surface area contributed by atoms with E-state index in [1.807, 2.05) is 25.1 Å². The maximum Gasteiger partial charge on any atom is 0.335 e. The molecule has 0 saturated carbocycles. The second-order valence-electron chi connectivity index (χ2n) is 8.05. The van der Waals surface area contributed by atoms with Crippen molar-refractivity contribution in [3.63, 3.8) is 0 Å². The van der Waals surface area contributed by atoms with Crippen LogP contribution in [0, 0.1) is 0 Å². The van der Waals surface area contributed by atoms with Crippen LogP contribution in [0.4, 0.5) is 10.5 Å². The zero-order chi connectivity index (χ0) is 25.9. The number of hydrogen-bond donors (Lipinski definition) is 1. The first-order valence-electron chi connectivity index (χ1n) is 11.4. The van der Waals surface area contributed by atoms with Gasteiger partial charge >= 0.3 is 6.03 Å². The monoisotopic (exact) mass is 520 g/mol. The molecule has 3 aromatic rings. The zero-order valence-electron chi connectivity index (χ0n) is 19.7. The number of carbonyl (C=O) groups is 3. The van der Waals surface area contributed by atoms with E-state index in [4.69, 9.17) is 30.5 Å². The lowest BCUT2D eigenvalue weighted by Crippen LogP contribution is -2.54. The second-order valence-corrected chi connectivity index (χ2v) is 8.49. The Labute approximate surface area is 217 Å². The number of fused-ring (bicyclic) bond motifs is 1. The highest BCUT2D eigenvalue weighted by Crippen LogP contribution is 2.34. The van der Waals surface area contributed by atoms with Gasteiger partial charge in [0.15, 0.2) is 23.0 Å². The fourth-order valence-electron chi connectivity index (χ4n) is 3.84. The third-order valence-electron chi connectivity index (χ3n) is 5.60. The number of rotatable bonds is 7. The minimum absolute atomic E-state index is 0.192. The fourth-order valence-corrected chi connectivity index (χ4v) is 3.97. The second kappa shape index (κ2) is 10.2. The molecule has 10 heteroatoms. The number of urea groups is 1. The number of nitrogens with zero attached hydrogens (tertiary/aromatic N) is 1. The highest BCUT2D eigenvalue weighted by molar-refractivity contribution is 6.39. The molecule has 5 rings (SSSR count). The first kappa shape index (κ1) is 24.2. The molecule has 4 amide bonds. The highest BCUT2D eigenvalue weighted by Gasteiger charge is 2.36. The summed E-state index contributed by atoms with van der Waals surface area (Å²) in [6.45, 7) is 2.66. The van der Waals surface area contributed by atoms with Crippen molar-refractivity contribution in [2.45, 2.75) is 13.5 Å². The van der Waals surface area contributed by atoms with E-state index in [9.17, 15) is 14.4 Å². The van der Waals surface area contributed by atoms with Crippen molar-refractivity contribution in [3.8, 4) is 23.0 Å². The quantitative estimate of drug-likeness (QED) is 0.355. The molecule has 0 radical (unpaired) electrons. The predicted octanol–water partition coefficient (Wildman–Crippen LogP) is 4.71. The van der Waals surface area contributed by atoms with Gasteiger partial charge in [0, 0.05) is 5.02 Å². The molecule has 0 aromatic heterocycles. The number of nitrogens with one attached hydrogen (secondary N) is 1. The Bertz CT molecular complexity index is 1420. The molecule has 2 aliphatic heterocycles. The maximum absolute atomic E-state index is 13.1. The van der Waals surface area contributed by atoms with Crippen LogP contribution in [0.25, 0.3) is 6.08 Å². The molecule has 3 aromatic carbocycles. The minimum Gasteiger partial charge on any atom is -0.490 e. The van der Waals surface area contributed by atoms with Crippen molar-refractivity contribution in [3.05, 3.63) is 82.4 Å². The molecule has 0 spiro atoms. The summed E-state index contributed by atoms with van der Waals surface area (Å²) >= 11 is 5.91. The van der Waals surface area contributed by atoms with Gasteiger partial charge in [0.1, 0.15) is 12.2 Å². The van der Waals surface area contributed by atoms with Crippen LogP contribution in [0.2, 0.25) is 5.02 Å². The topological polar surface area (TPSA) is 103 Å². The maximum atomic E-state index is 13.1. The van der Waals surface area contributed by atoms with Crippen molar-refractivity contribution < 1.29 is 33.3 Å². The van der Waals surface area contributed by atoms with Crippen LogP contribution in [0.5, 0.6) is 23.0 Å². The summed E-state index contributed by atoms with van der Waals surface area (Å²) in [5.41, 5.74) is 1.48. The molecule has 0 unspecified atom stereocenters. The average Bonchev–Trinajstić information content (AvgIpc) is 3.35. The molecule has 0 bridgehead atoms. The van der Waals surface area contributed by atoms with Gasteiger partial charge in [-0.25, -0.2) is 9.69 Å². The van der Waals surface area contributed by atoms with Gasteiger partial charge in [0.2, 0.25) is 6.79 Å². The first-order chi connectivity index (χ1) is 17.9. The SMILES string of the molecule is CCOc1cc(/C=C2\C(=O)NC(=O)N(c3ccc(Cl)cc3)C2=O)ccc1OCc1ccc2c(c1)OCO2. The number of amides is 4. The Morgan fingerprint density at radius 3 is 2.51 bits per heavy atom. The number of hydrogen-bond acceptors (Lipinski definition) is 7. The van der Waals surface area contributed by atoms with Gasteiger partial charge in [-0.05, 0) is 72.7 Å². The lowest BCUT2D eigenvalue weighted by atomic mass is 10.1. The fraction of sp³-hybridized carbons (Fsp3) is 0.148. The number of anilines is 1. The van der Waals surface area contributed by atoms with Crippen LogP contribution in [-0.2, 0) is 16.2 Å². The summed E-state index contributed by atoms with van der Waals surface area (Å²) in [5.74, 6) is 0.729. The van der Waals surface area contributed by atoms with Crippen molar-refractivity contribution >= 4 is 41.2 Å². The standard InChI is InChI=1S/C27H21ClN2O7/c1-2-34-23-12-16(3-9-21(23)35-14-17-4-10-22-24(13-17)37-15-36-22)11-20-25(31)29-27(33)30(26(20)32)19-7-5-18(28)6-8-19/h3-13H,2,14-15H2,1H3,(H,29,31,33)/b20-11+. The van der Waals surface area contributed by atoms with Crippen LogP contribution in [-0.4, -0.2) is 31.2 Å². The van der Waals surface area contributed by atoms with E-state index >= 15 is 0 Å². The van der Waals surface area contributed by atoms with Gasteiger partial charge in [0.05, 0.1) is 12.3 Å². The molecular weight excluding hydrogens is 500 g/mol. The summed E-state index contributed by atoms with van der Waals surface area (Å²) < 4.78 is 22.4. The Morgan fingerprint density at radius 2 is 1.73 bits per heavy atom. The minimum atomic E-state index is -0.836. The van der Waals surface area contributed by atoms with E-state index in [0.717, 1.165) is 10.5 Å². The van der Waals surface area contributed by atoms with Gasteiger partial charge in [-0.3, -0.25) is 14.9 Å². The van der Waals surface area contributed by atoms with Gasteiger partial charge in [-0.15, -0.1) is 0 Å². The number of halogens is 1. The van der Waals surface area contributed by atoms with Gasteiger partial charge < -0.3 is 18.9 Å². The Kier molecular flexibility index (Phi) is 6.70. The third kappa shape index (κ3) is 5.07. The van der Waals surface area contributed by atoms with Gasteiger partial charge in [-0.2, -0.15) is 0 Å². The van der Waals surface area contributed by atoms with Crippen LogP contribution in [0.15, 0.2) is 66.2 Å². The summed E-state index contributed by atoms with van der Waals surface area (Å²) in [4.78, 5) is 38.9. The molecule has 1 N–H and O–H groups in total. The third-order valence-corrected chi connectivity index (χ3v) is 5.85. The van der Waals surface area contributed by atoms with Crippen LogP contribution in [0.1, 0.15) is 18.1 Å². The van der Waals surface area contributed by atoms with Gasteiger partial charge in [-0.1, -0.05) is 23.7 Å². The number of benzene rings is 3. The largest absolute Gasteiger partial charge is 0.490 e. The first-order valence-corrected chi connectivity index (χ1v) is 11.8. The lowest BCUT2D eigenvalue weighted by Gasteiger charge is -2.26. The summed E-state index contributed by atoms with van der Waals surface area (Å²) in [6, 6.07) is 15.9. The van der Waals surface area contributed by atoms with Crippen molar-refractivity contribution in [2.24, 2.45) is 0 Å². The van der Waals surface area contributed by atoms with Crippen LogP contribution >= 0.6 is 11.6 Å². The molecule has 188 valence electrons. The van der Waals surface area contributed by atoms with E-state index < -0.39 is 17.8 Å². The van der Waals surface area contributed by atoms with E-state index in [-0.39, 0.29) is 24.7 Å². The summed E-state index contributed by atoms with van der Waals surface area (Å²) in [6.07, 6.45) is 1.40. The highest BCUT2D eigenvalue weighted by atomic mass is 35.5. The molecule has 9 nitrogen and oxygen atoms in total. The van der Waals surface area contributed by atoms with Crippen LogP contribution < -0.4 is 29.2 Å². The molecule has 1 fully saturated rings. The molecule has 2 heterocycles. The Morgan fingerprint density at radius 1 is 0.946 bits per heavy atom. The molecule has 1 saturated heterocycles.